The third-order valence-electron chi connectivity index (χ3n) is 2.33. The number of rotatable bonds is 2. The Hall–Kier alpha value is -2.08. The zero-order valence-corrected chi connectivity index (χ0v) is 11.3. The van der Waals surface area contributed by atoms with Gasteiger partial charge in [0, 0.05) is 12.5 Å². The van der Waals surface area contributed by atoms with Gasteiger partial charge in [-0.15, -0.1) is 0 Å². The molecule has 1 heterocycles. The number of nitrogens with one attached hydrogen (secondary N) is 1. The van der Waals surface area contributed by atoms with Gasteiger partial charge < -0.3 is 10.1 Å². The number of carbonyl (C=O) groups is 2. The van der Waals surface area contributed by atoms with Crippen LogP contribution in [0.2, 0.25) is 0 Å². The van der Waals surface area contributed by atoms with Crippen LogP contribution in [0.5, 0.6) is 5.75 Å². The number of carbonyl (C=O) groups excluding carboxylic acids is 2. The molecule has 0 saturated heterocycles. The maximum atomic E-state index is 11.7. The molecular formula is C13H12N2O3S. The molecule has 1 N–H and O–H groups in total. The summed E-state index contributed by atoms with van der Waals surface area (Å²) in [4.78, 5) is 26.8. The van der Waals surface area contributed by atoms with Crippen molar-refractivity contribution in [2.75, 3.05) is 7.11 Å². The molecule has 0 bridgehead atoms. The van der Waals surface area contributed by atoms with Gasteiger partial charge in [-0.25, -0.2) is 0 Å². The average molecular weight is 276 g/mol. The summed E-state index contributed by atoms with van der Waals surface area (Å²) in [6.45, 7) is 1.37. The molecule has 0 aromatic heterocycles. The molecule has 0 spiro atoms. The Kier molecular flexibility index (Phi) is 4.01. The number of methoxy groups -OCH3 is 1. The highest BCUT2D eigenvalue weighted by Crippen LogP contribution is 2.30. The van der Waals surface area contributed by atoms with Crippen molar-refractivity contribution >= 4 is 34.8 Å². The lowest BCUT2D eigenvalue weighted by molar-refractivity contribution is -0.117. The van der Waals surface area contributed by atoms with Crippen molar-refractivity contribution in [1.29, 1.82) is 0 Å². The van der Waals surface area contributed by atoms with Crippen molar-refractivity contribution in [2.45, 2.75) is 6.92 Å². The highest BCUT2D eigenvalue weighted by atomic mass is 32.2. The molecule has 0 unspecified atom stereocenters. The Balaban J connectivity index is 2.22. The van der Waals surface area contributed by atoms with Crippen LogP contribution in [-0.2, 0) is 9.59 Å². The number of hydrogen-bond acceptors (Lipinski definition) is 4. The number of ether oxygens (including phenoxy) is 1. The van der Waals surface area contributed by atoms with E-state index in [-0.39, 0.29) is 11.8 Å². The van der Waals surface area contributed by atoms with E-state index in [0.717, 1.165) is 17.3 Å². The van der Waals surface area contributed by atoms with Crippen LogP contribution >= 0.6 is 11.8 Å². The molecule has 5 nitrogen and oxygen atoms in total. The van der Waals surface area contributed by atoms with Crippen LogP contribution in [-0.4, -0.2) is 24.1 Å². The molecule has 0 radical (unpaired) electrons. The second kappa shape index (κ2) is 5.71. The minimum atomic E-state index is -0.361. The SMILES string of the molecule is COc1ccccc1/C=C1\SC(NC(C)=O)=NC1=O. The first kappa shape index (κ1) is 13.4. The van der Waals surface area contributed by atoms with Gasteiger partial charge in [-0.05, 0) is 23.9 Å². The summed E-state index contributed by atoms with van der Waals surface area (Å²) in [5, 5.41) is 2.80. The van der Waals surface area contributed by atoms with Crippen LogP contribution < -0.4 is 10.1 Å². The lowest BCUT2D eigenvalue weighted by Crippen LogP contribution is -2.23. The highest BCUT2D eigenvalue weighted by Gasteiger charge is 2.22. The van der Waals surface area contributed by atoms with Gasteiger partial charge in [-0.3, -0.25) is 9.59 Å². The zero-order valence-electron chi connectivity index (χ0n) is 10.5. The standard InChI is InChI=1S/C13H12N2O3S/c1-8(16)14-13-15-12(17)11(19-13)7-9-5-3-4-6-10(9)18-2/h3-7H,1-2H3,(H,14,15,16,17)/b11-7-. The van der Waals surface area contributed by atoms with E-state index in [0.29, 0.717) is 15.8 Å². The summed E-state index contributed by atoms with van der Waals surface area (Å²) < 4.78 is 5.21. The van der Waals surface area contributed by atoms with Crippen LogP contribution in [0.1, 0.15) is 12.5 Å². The van der Waals surface area contributed by atoms with Gasteiger partial charge in [0.2, 0.25) is 5.91 Å². The average Bonchev–Trinajstić information content (AvgIpc) is 2.69. The lowest BCUT2D eigenvalue weighted by Gasteiger charge is -2.04. The van der Waals surface area contributed by atoms with E-state index < -0.39 is 0 Å². The Morgan fingerprint density at radius 3 is 2.84 bits per heavy atom. The molecule has 1 aliphatic rings. The highest BCUT2D eigenvalue weighted by molar-refractivity contribution is 8.18. The van der Waals surface area contributed by atoms with Crippen LogP contribution in [0.4, 0.5) is 0 Å². The van der Waals surface area contributed by atoms with E-state index in [1.54, 1.807) is 13.2 Å². The predicted octanol–water partition coefficient (Wildman–Crippen LogP) is 1.80. The van der Waals surface area contributed by atoms with Gasteiger partial charge in [0.15, 0.2) is 5.17 Å². The third-order valence-corrected chi connectivity index (χ3v) is 3.23. The number of amidine groups is 1. The summed E-state index contributed by atoms with van der Waals surface area (Å²) in [6.07, 6.45) is 1.70. The monoisotopic (exact) mass is 276 g/mol. The second-order valence-corrected chi connectivity index (χ2v) is 4.79. The van der Waals surface area contributed by atoms with E-state index >= 15 is 0 Å². The third kappa shape index (κ3) is 3.23. The maximum absolute atomic E-state index is 11.7. The molecule has 0 aliphatic carbocycles. The number of nitrogens with zero attached hydrogens (tertiary/aromatic N) is 1. The van der Waals surface area contributed by atoms with Crippen LogP contribution in [0.25, 0.3) is 6.08 Å². The van der Waals surface area contributed by atoms with Gasteiger partial charge in [0.05, 0.1) is 12.0 Å². The van der Waals surface area contributed by atoms with Crippen molar-refractivity contribution in [1.82, 2.24) is 5.32 Å². The topological polar surface area (TPSA) is 67.8 Å². The van der Waals surface area contributed by atoms with Crippen molar-refractivity contribution in [3.63, 3.8) is 0 Å². The largest absolute Gasteiger partial charge is 0.496 e. The summed E-state index contributed by atoms with van der Waals surface area (Å²) >= 11 is 1.14. The van der Waals surface area contributed by atoms with E-state index in [9.17, 15) is 9.59 Å². The van der Waals surface area contributed by atoms with Gasteiger partial charge in [-0.1, -0.05) is 18.2 Å². The normalized spacial score (nSPS) is 16.4. The lowest BCUT2D eigenvalue weighted by atomic mass is 10.2. The first-order valence-corrected chi connectivity index (χ1v) is 6.35. The number of amides is 2. The predicted molar refractivity (Wildman–Crippen MR) is 74.8 cm³/mol. The van der Waals surface area contributed by atoms with E-state index in [1.165, 1.54) is 6.92 Å². The van der Waals surface area contributed by atoms with E-state index in [2.05, 4.69) is 10.3 Å². The van der Waals surface area contributed by atoms with E-state index in [1.807, 2.05) is 24.3 Å². The fourth-order valence-electron chi connectivity index (χ4n) is 1.54. The fraction of sp³-hybridized carbons (Fsp3) is 0.154. The molecule has 2 rings (SSSR count). The molecule has 19 heavy (non-hydrogen) atoms. The summed E-state index contributed by atoms with van der Waals surface area (Å²) in [5.74, 6) is 0.0635. The van der Waals surface area contributed by atoms with Crippen molar-refractivity contribution < 1.29 is 14.3 Å². The number of thioether (sulfide) groups is 1. The number of hydrogen-bond donors (Lipinski definition) is 1. The molecule has 98 valence electrons. The summed E-state index contributed by atoms with van der Waals surface area (Å²) in [7, 11) is 1.57. The Bertz CT molecular complexity index is 593. The first-order chi connectivity index (χ1) is 9.10. The maximum Gasteiger partial charge on any atom is 0.286 e. The van der Waals surface area contributed by atoms with Crippen LogP contribution in [0.3, 0.4) is 0 Å². The number of benzene rings is 1. The minimum absolute atomic E-state index is 0.252. The smallest absolute Gasteiger partial charge is 0.286 e. The zero-order chi connectivity index (χ0) is 13.8. The Morgan fingerprint density at radius 2 is 2.16 bits per heavy atom. The molecule has 1 aliphatic heterocycles. The minimum Gasteiger partial charge on any atom is -0.496 e. The van der Waals surface area contributed by atoms with Gasteiger partial charge in [0.1, 0.15) is 5.75 Å². The van der Waals surface area contributed by atoms with E-state index in [4.69, 9.17) is 4.74 Å². The molecule has 1 aromatic carbocycles. The summed E-state index contributed by atoms with van der Waals surface area (Å²) in [5.41, 5.74) is 0.792. The van der Waals surface area contributed by atoms with Gasteiger partial charge in [-0.2, -0.15) is 4.99 Å². The van der Waals surface area contributed by atoms with Gasteiger partial charge in [0.25, 0.3) is 5.91 Å². The molecule has 2 amide bonds. The molecule has 0 atom stereocenters. The van der Waals surface area contributed by atoms with Crippen LogP contribution in [0.15, 0.2) is 34.2 Å². The van der Waals surface area contributed by atoms with Crippen LogP contribution in [0, 0.1) is 0 Å². The van der Waals surface area contributed by atoms with Crippen molar-refractivity contribution in [3.8, 4) is 5.75 Å². The molecule has 6 heteroatoms. The summed E-state index contributed by atoms with van der Waals surface area (Å²) in [6, 6.07) is 7.36. The number of aliphatic imine (C=N–C) groups is 1. The molecule has 0 saturated carbocycles. The Labute approximate surface area is 114 Å². The molecule has 1 aromatic rings. The molecular weight excluding hydrogens is 264 g/mol. The van der Waals surface area contributed by atoms with Crippen molar-refractivity contribution in [3.05, 3.63) is 34.7 Å². The first-order valence-electron chi connectivity index (χ1n) is 5.53. The quantitative estimate of drug-likeness (QED) is 0.836. The van der Waals surface area contributed by atoms with Crippen molar-refractivity contribution in [2.24, 2.45) is 4.99 Å². The second-order valence-electron chi connectivity index (χ2n) is 3.76. The fourth-order valence-corrected chi connectivity index (χ4v) is 2.39. The molecule has 0 fully saturated rings. The van der Waals surface area contributed by atoms with Gasteiger partial charge >= 0.3 is 0 Å². The Morgan fingerprint density at radius 1 is 1.42 bits per heavy atom. The number of para-hydroxylation sites is 1.